The molecule has 1 radical (unpaired) electrons. The van der Waals surface area contributed by atoms with E-state index < -0.39 is 0 Å². The van der Waals surface area contributed by atoms with Crippen molar-refractivity contribution in [2.45, 2.75) is 0 Å². The molecule has 0 saturated carbocycles. The summed E-state index contributed by atoms with van der Waals surface area (Å²) < 4.78 is 0. The van der Waals surface area contributed by atoms with Gasteiger partial charge in [0.2, 0.25) is 0 Å². The van der Waals surface area contributed by atoms with Crippen LogP contribution < -0.4 is 0 Å². The summed E-state index contributed by atoms with van der Waals surface area (Å²) in [5.74, 6) is -0.243. The molecule has 0 spiro atoms. The zero-order chi connectivity index (χ0) is 10.4. The summed E-state index contributed by atoms with van der Waals surface area (Å²) >= 11 is 0. The SMILES string of the molecule is CN(C)CC[N-]C(=O)c1ccccn1.[Eu+2]. The average molecular weight is 344 g/mol. The van der Waals surface area contributed by atoms with Crippen LogP contribution in [0, 0.1) is 49.4 Å². The fraction of sp³-hybridized carbons (Fsp3) is 0.400. The topological polar surface area (TPSA) is 47.3 Å². The van der Waals surface area contributed by atoms with E-state index in [1.807, 2.05) is 19.0 Å². The third-order valence-electron chi connectivity index (χ3n) is 1.69. The Hall–Kier alpha value is 0.164. The van der Waals surface area contributed by atoms with Gasteiger partial charge in [0.05, 0.1) is 5.69 Å². The summed E-state index contributed by atoms with van der Waals surface area (Å²) in [6, 6.07) is 5.22. The van der Waals surface area contributed by atoms with Gasteiger partial charge in [0.25, 0.3) is 0 Å². The van der Waals surface area contributed by atoms with Crippen LogP contribution in [-0.2, 0) is 0 Å². The van der Waals surface area contributed by atoms with Gasteiger partial charge >= 0.3 is 49.4 Å². The summed E-state index contributed by atoms with van der Waals surface area (Å²) in [4.78, 5) is 17.3. The van der Waals surface area contributed by atoms with Crippen LogP contribution in [-0.4, -0.2) is 43.0 Å². The Labute approximate surface area is 131 Å². The fourth-order valence-corrected chi connectivity index (χ4v) is 0.922. The molecule has 0 aliphatic carbocycles. The molecule has 0 aromatic carbocycles. The van der Waals surface area contributed by atoms with Crippen LogP contribution in [0.15, 0.2) is 24.4 Å². The largest absolute Gasteiger partial charge is 2.00 e. The second-order valence-electron chi connectivity index (χ2n) is 3.21. The van der Waals surface area contributed by atoms with E-state index in [1.165, 1.54) is 0 Å². The summed E-state index contributed by atoms with van der Waals surface area (Å²) in [5, 5.41) is 3.89. The first kappa shape index (κ1) is 15.2. The number of hydrogen-bond donors (Lipinski definition) is 0. The molecule has 4 nitrogen and oxygen atoms in total. The van der Waals surface area contributed by atoms with Crippen LogP contribution in [0.25, 0.3) is 5.32 Å². The van der Waals surface area contributed by atoms with Crippen LogP contribution in [0.3, 0.4) is 0 Å². The van der Waals surface area contributed by atoms with Gasteiger partial charge in [-0.05, 0) is 32.8 Å². The summed E-state index contributed by atoms with van der Waals surface area (Å²) in [6.45, 7) is 1.29. The maximum absolute atomic E-state index is 11.4. The Bertz CT molecular complexity index is 290. The Balaban J connectivity index is 0.00000196. The average Bonchev–Trinajstić information content (AvgIpc) is 2.18. The molecule has 0 N–H and O–H groups in total. The first-order valence-electron chi connectivity index (χ1n) is 4.48. The van der Waals surface area contributed by atoms with Gasteiger partial charge in [0.15, 0.2) is 0 Å². The molecular formula is C10H14EuN3O+. The minimum atomic E-state index is -0.243. The first-order valence-corrected chi connectivity index (χ1v) is 4.48. The van der Waals surface area contributed by atoms with Crippen molar-refractivity contribution in [2.75, 3.05) is 27.2 Å². The number of hydrogen-bond acceptors (Lipinski definition) is 3. The maximum Gasteiger partial charge on any atom is 2.00 e. The number of amides is 1. The quantitative estimate of drug-likeness (QED) is 0.824. The smallest absolute Gasteiger partial charge is 0.647 e. The van der Waals surface area contributed by atoms with Crippen molar-refractivity contribution in [1.29, 1.82) is 0 Å². The van der Waals surface area contributed by atoms with Crippen molar-refractivity contribution in [3.05, 3.63) is 35.4 Å². The normalized spacial score (nSPS) is 9.53. The molecule has 0 atom stereocenters. The third-order valence-corrected chi connectivity index (χ3v) is 1.69. The van der Waals surface area contributed by atoms with E-state index in [9.17, 15) is 4.79 Å². The Morgan fingerprint density at radius 2 is 2.20 bits per heavy atom. The standard InChI is InChI=1S/C10H15N3O.Eu/c1-13(2)8-7-12-10(14)9-5-3-4-6-11-9;/h3-6H,7-8H2,1-2H3,(H,12,14);/q;+2/p-1. The molecule has 15 heavy (non-hydrogen) atoms. The Morgan fingerprint density at radius 3 is 2.73 bits per heavy atom. The second kappa shape index (κ2) is 8.33. The molecule has 1 amide bonds. The summed E-state index contributed by atoms with van der Waals surface area (Å²) in [6.07, 6.45) is 1.59. The predicted molar refractivity (Wildman–Crippen MR) is 55.3 cm³/mol. The zero-order valence-corrected chi connectivity index (χ0v) is 11.3. The minimum absolute atomic E-state index is 0. The molecule has 0 saturated heterocycles. The van der Waals surface area contributed by atoms with Crippen molar-refractivity contribution in [1.82, 2.24) is 9.88 Å². The molecule has 0 aliphatic heterocycles. The van der Waals surface area contributed by atoms with E-state index >= 15 is 0 Å². The van der Waals surface area contributed by atoms with Gasteiger partial charge in [0, 0.05) is 6.20 Å². The van der Waals surface area contributed by atoms with Gasteiger partial charge in [0.1, 0.15) is 5.91 Å². The number of likely N-dealkylation sites (N-methyl/N-ethyl adjacent to an activating group) is 1. The summed E-state index contributed by atoms with van der Waals surface area (Å²) in [5.41, 5.74) is 0.409. The molecule has 1 aromatic heterocycles. The Kier molecular flexibility index (Phi) is 8.42. The number of nitrogens with zero attached hydrogens (tertiary/aromatic N) is 3. The van der Waals surface area contributed by atoms with Gasteiger partial charge in [-0.25, -0.2) is 0 Å². The molecule has 0 fully saturated rings. The van der Waals surface area contributed by atoms with Crippen molar-refractivity contribution < 1.29 is 54.2 Å². The molecule has 1 aromatic rings. The van der Waals surface area contributed by atoms with Crippen molar-refractivity contribution >= 4 is 5.91 Å². The number of carbonyl (C=O) groups is 1. The van der Waals surface area contributed by atoms with Gasteiger partial charge in [-0.1, -0.05) is 6.07 Å². The van der Waals surface area contributed by atoms with Gasteiger partial charge in [-0.3, -0.25) is 4.98 Å². The van der Waals surface area contributed by atoms with Crippen molar-refractivity contribution in [3.8, 4) is 0 Å². The Morgan fingerprint density at radius 1 is 1.47 bits per heavy atom. The number of pyridine rings is 1. The van der Waals surface area contributed by atoms with E-state index in [0.29, 0.717) is 12.2 Å². The predicted octanol–water partition coefficient (Wildman–Crippen LogP) is 1.16. The van der Waals surface area contributed by atoms with Crippen LogP contribution in [0.5, 0.6) is 0 Å². The molecule has 0 aliphatic rings. The number of carbonyl (C=O) groups excluding carboxylic acids is 1. The fourth-order valence-electron chi connectivity index (χ4n) is 0.922. The van der Waals surface area contributed by atoms with E-state index in [4.69, 9.17) is 0 Å². The van der Waals surface area contributed by atoms with Crippen LogP contribution >= 0.6 is 0 Å². The minimum Gasteiger partial charge on any atom is -0.647 e. The van der Waals surface area contributed by atoms with Gasteiger partial charge in [-0.15, -0.1) is 6.54 Å². The third kappa shape index (κ3) is 6.35. The molecule has 0 unspecified atom stereocenters. The molecule has 5 heteroatoms. The van der Waals surface area contributed by atoms with E-state index in [1.54, 1.807) is 24.4 Å². The van der Waals surface area contributed by atoms with Gasteiger partial charge < -0.3 is 15.0 Å². The second-order valence-corrected chi connectivity index (χ2v) is 3.21. The van der Waals surface area contributed by atoms with E-state index in [0.717, 1.165) is 6.54 Å². The number of rotatable bonds is 4. The first-order chi connectivity index (χ1) is 6.70. The molecular weight excluding hydrogens is 330 g/mol. The molecule has 1 heterocycles. The molecule has 0 bridgehead atoms. The molecule has 81 valence electrons. The monoisotopic (exact) mass is 345 g/mol. The van der Waals surface area contributed by atoms with Crippen LogP contribution in [0.4, 0.5) is 0 Å². The zero-order valence-electron chi connectivity index (χ0n) is 8.85. The maximum atomic E-state index is 11.4. The van der Waals surface area contributed by atoms with Crippen LogP contribution in [0.1, 0.15) is 10.5 Å². The van der Waals surface area contributed by atoms with Gasteiger partial charge in [-0.2, -0.15) is 0 Å². The van der Waals surface area contributed by atoms with E-state index in [-0.39, 0.29) is 55.3 Å². The van der Waals surface area contributed by atoms with Crippen molar-refractivity contribution in [2.24, 2.45) is 0 Å². The van der Waals surface area contributed by atoms with Crippen molar-refractivity contribution in [3.63, 3.8) is 0 Å². The number of aromatic nitrogens is 1. The molecule has 1 rings (SSSR count). The van der Waals surface area contributed by atoms with Crippen LogP contribution in [0.2, 0.25) is 0 Å². The summed E-state index contributed by atoms with van der Waals surface area (Å²) in [7, 11) is 3.89. The van der Waals surface area contributed by atoms with E-state index in [2.05, 4.69) is 10.3 Å².